The molecule has 1 saturated heterocycles. The highest BCUT2D eigenvalue weighted by Gasteiger charge is 2.27. The summed E-state index contributed by atoms with van der Waals surface area (Å²) in [6, 6.07) is 0. The summed E-state index contributed by atoms with van der Waals surface area (Å²) in [6.07, 6.45) is 6.22. The molecule has 0 aromatic carbocycles. The molecule has 0 aromatic heterocycles. The minimum Gasteiger partial charge on any atom is -0.376 e. The molecule has 0 bridgehead atoms. The molecule has 2 aliphatic rings. The summed E-state index contributed by atoms with van der Waals surface area (Å²) in [5.74, 6) is 1.97. The molecule has 2 N–H and O–H groups in total. The van der Waals surface area contributed by atoms with E-state index in [1.807, 2.05) is 0 Å². The molecule has 2 rings (SSSR count). The van der Waals surface area contributed by atoms with Crippen molar-refractivity contribution in [3.63, 3.8) is 0 Å². The maximum absolute atomic E-state index is 5.57. The van der Waals surface area contributed by atoms with Gasteiger partial charge >= 0.3 is 0 Å². The fraction of sp³-hybridized carbons (Fsp3) is 0.875. The Hall–Kier alpha value is -0.680. The molecular formula is C16H29N3OS. The van der Waals surface area contributed by atoms with E-state index in [2.05, 4.69) is 36.6 Å². The highest BCUT2D eigenvalue weighted by Crippen LogP contribution is 2.31. The molecule has 0 unspecified atom stereocenters. The molecule has 1 aliphatic carbocycles. The first-order valence-electron chi connectivity index (χ1n) is 8.28. The van der Waals surface area contributed by atoms with Crippen LogP contribution in [0.3, 0.4) is 0 Å². The lowest BCUT2D eigenvalue weighted by atomic mass is 9.76. The van der Waals surface area contributed by atoms with Crippen molar-refractivity contribution in [2.45, 2.75) is 59.0 Å². The molecular weight excluding hydrogens is 282 g/mol. The summed E-state index contributed by atoms with van der Waals surface area (Å²) >= 11 is 5.31. The molecule has 0 amide bonds. The van der Waals surface area contributed by atoms with Gasteiger partial charge in [-0.3, -0.25) is 5.43 Å². The smallest absolute Gasteiger partial charge is 0.187 e. The van der Waals surface area contributed by atoms with Crippen LogP contribution in [0.1, 0.15) is 52.9 Å². The van der Waals surface area contributed by atoms with Crippen LogP contribution >= 0.6 is 12.2 Å². The Morgan fingerprint density at radius 2 is 2.19 bits per heavy atom. The average Bonchev–Trinajstić information content (AvgIpc) is 2.96. The van der Waals surface area contributed by atoms with Gasteiger partial charge in [0.1, 0.15) is 0 Å². The van der Waals surface area contributed by atoms with E-state index in [1.54, 1.807) is 0 Å². The maximum Gasteiger partial charge on any atom is 0.187 e. The van der Waals surface area contributed by atoms with Crippen LogP contribution in [0.5, 0.6) is 0 Å². The minimum atomic E-state index is 0.301. The largest absolute Gasteiger partial charge is 0.376 e. The van der Waals surface area contributed by atoms with E-state index in [1.165, 1.54) is 18.6 Å². The topological polar surface area (TPSA) is 45.7 Å². The van der Waals surface area contributed by atoms with E-state index in [0.717, 1.165) is 38.3 Å². The van der Waals surface area contributed by atoms with Crippen LogP contribution in [0, 0.1) is 17.8 Å². The molecule has 120 valence electrons. The van der Waals surface area contributed by atoms with Gasteiger partial charge in [-0.1, -0.05) is 20.8 Å². The molecule has 1 saturated carbocycles. The molecule has 0 spiro atoms. The van der Waals surface area contributed by atoms with Crippen molar-refractivity contribution < 1.29 is 4.74 Å². The minimum absolute atomic E-state index is 0.301. The van der Waals surface area contributed by atoms with E-state index in [4.69, 9.17) is 17.0 Å². The third-order valence-corrected chi connectivity index (χ3v) is 4.81. The molecule has 21 heavy (non-hydrogen) atoms. The fourth-order valence-corrected chi connectivity index (χ4v) is 3.39. The van der Waals surface area contributed by atoms with Crippen LogP contribution in [0.15, 0.2) is 5.10 Å². The van der Waals surface area contributed by atoms with Crippen molar-refractivity contribution in [3.8, 4) is 0 Å². The van der Waals surface area contributed by atoms with E-state index < -0.39 is 0 Å². The van der Waals surface area contributed by atoms with Crippen LogP contribution in [0.25, 0.3) is 0 Å². The number of hydrogen-bond acceptors (Lipinski definition) is 3. The molecule has 0 aromatic rings. The number of ether oxygens (including phenoxy) is 1. The third kappa shape index (κ3) is 5.22. The Balaban J connectivity index is 1.80. The van der Waals surface area contributed by atoms with E-state index >= 15 is 0 Å². The summed E-state index contributed by atoms with van der Waals surface area (Å²) < 4.78 is 5.57. The second-order valence-electron chi connectivity index (χ2n) is 6.80. The van der Waals surface area contributed by atoms with Crippen molar-refractivity contribution in [2.75, 3.05) is 13.2 Å². The van der Waals surface area contributed by atoms with Crippen LogP contribution in [0.4, 0.5) is 0 Å². The fourth-order valence-electron chi connectivity index (χ4n) is 3.26. The monoisotopic (exact) mass is 311 g/mol. The molecule has 5 heteroatoms. The zero-order valence-electron chi connectivity index (χ0n) is 13.5. The zero-order valence-corrected chi connectivity index (χ0v) is 14.3. The summed E-state index contributed by atoms with van der Waals surface area (Å²) in [5.41, 5.74) is 4.32. The van der Waals surface area contributed by atoms with Crippen LogP contribution in [-0.2, 0) is 4.74 Å². The Morgan fingerprint density at radius 3 is 2.86 bits per heavy atom. The Bertz CT molecular complexity index is 378. The average molecular weight is 311 g/mol. The van der Waals surface area contributed by atoms with Gasteiger partial charge in [-0.2, -0.15) is 5.10 Å². The third-order valence-electron chi connectivity index (χ3n) is 4.58. The molecule has 4 nitrogen and oxygen atoms in total. The van der Waals surface area contributed by atoms with E-state index in [0.29, 0.717) is 23.1 Å². The zero-order chi connectivity index (χ0) is 15.2. The second-order valence-corrected chi connectivity index (χ2v) is 7.21. The lowest BCUT2D eigenvalue weighted by Gasteiger charge is -2.30. The summed E-state index contributed by atoms with van der Waals surface area (Å²) in [6.45, 7) is 8.53. The second kappa shape index (κ2) is 8.08. The summed E-state index contributed by atoms with van der Waals surface area (Å²) in [4.78, 5) is 0. The number of hydrazone groups is 1. The van der Waals surface area contributed by atoms with Crippen molar-refractivity contribution in [3.05, 3.63) is 0 Å². The normalized spacial score (nSPS) is 31.6. The number of thiocarbonyl (C=S) groups is 1. The lowest BCUT2D eigenvalue weighted by molar-refractivity contribution is 0.114. The van der Waals surface area contributed by atoms with Gasteiger partial charge in [-0.25, -0.2) is 0 Å². The Morgan fingerprint density at radius 1 is 1.38 bits per heavy atom. The molecule has 1 heterocycles. The van der Waals surface area contributed by atoms with Gasteiger partial charge in [-0.05, 0) is 56.2 Å². The maximum atomic E-state index is 5.57. The van der Waals surface area contributed by atoms with Gasteiger partial charge in [0.2, 0.25) is 0 Å². The molecule has 1 aliphatic heterocycles. The number of rotatable bonds is 4. The number of nitrogens with zero attached hydrogens (tertiary/aromatic N) is 1. The first kappa shape index (κ1) is 16.7. The SMILES string of the molecule is CC(C)[C@@H]1CC[C@H](C)CC1=NNC(=S)NC[C@@H]1CCCO1. The highest BCUT2D eigenvalue weighted by molar-refractivity contribution is 7.80. The van der Waals surface area contributed by atoms with Gasteiger partial charge < -0.3 is 10.1 Å². The summed E-state index contributed by atoms with van der Waals surface area (Å²) in [5, 5.41) is 8.42. The van der Waals surface area contributed by atoms with Crippen LogP contribution in [0.2, 0.25) is 0 Å². The van der Waals surface area contributed by atoms with Crippen LogP contribution < -0.4 is 10.7 Å². The quantitative estimate of drug-likeness (QED) is 0.619. The van der Waals surface area contributed by atoms with Crippen molar-refractivity contribution in [2.24, 2.45) is 22.9 Å². The molecule has 2 fully saturated rings. The van der Waals surface area contributed by atoms with E-state index in [-0.39, 0.29) is 0 Å². The standard InChI is InChI=1S/C16H29N3OS/c1-11(2)14-7-6-12(3)9-15(14)18-19-16(21)17-10-13-5-4-8-20-13/h11-14H,4-10H2,1-3H3,(H2,17,19,21)/t12-,13-,14-/m0/s1. The predicted molar refractivity (Wildman–Crippen MR) is 91.5 cm³/mol. The van der Waals surface area contributed by atoms with Crippen LogP contribution in [-0.4, -0.2) is 30.1 Å². The number of nitrogens with one attached hydrogen (secondary N) is 2. The van der Waals surface area contributed by atoms with Gasteiger partial charge in [0, 0.05) is 24.8 Å². The first-order chi connectivity index (χ1) is 10.1. The molecule has 0 radical (unpaired) electrons. The van der Waals surface area contributed by atoms with E-state index in [9.17, 15) is 0 Å². The van der Waals surface area contributed by atoms with Crippen molar-refractivity contribution in [1.82, 2.24) is 10.7 Å². The van der Waals surface area contributed by atoms with Crippen molar-refractivity contribution in [1.29, 1.82) is 0 Å². The summed E-state index contributed by atoms with van der Waals surface area (Å²) in [7, 11) is 0. The highest BCUT2D eigenvalue weighted by atomic mass is 32.1. The lowest BCUT2D eigenvalue weighted by Crippen LogP contribution is -2.38. The van der Waals surface area contributed by atoms with Gasteiger partial charge in [0.05, 0.1) is 6.10 Å². The van der Waals surface area contributed by atoms with Gasteiger partial charge in [0.15, 0.2) is 5.11 Å². The van der Waals surface area contributed by atoms with Gasteiger partial charge in [0.25, 0.3) is 0 Å². The number of hydrogen-bond donors (Lipinski definition) is 2. The van der Waals surface area contributed by atoms with Gasteiger partial charge in [-0.15, -0.1) is 0 Å². The molecule has 3 atom stereocenters. The Labute approximate surface area is 134 Å². The Kier molecular flexibility index (Phi) is 6.42. The predicted octanol–water partition coefficient (Wildman–Crippen LogP) is 3.08. The first-order valence-corrected chi connectivity index (χ1v) is 8.69. The van der Waals surface area contributed by atoms with Crippen molar-refractivity contribution >= 4 is 23.0 Å².